The largest absolute Gasteiger partial charge is 0.494 e. The Labute approximate surface area is 286 Å². The Morgan fingerprint density at radius 1 is 0.688 bits per heavy atom. The Morgan fingerprint density at radius 2 is 1.19 bits per heavy atom. The van der Waals surface area contributed by atoms with Gasteiger partial charge in [0.05, 0.1) is 11.2 Å². The van der Waals surface area contributed by atoms with Gasteiger partial charge in [0.2, 0.25) is 0 Å². The number of hydrogen-bond donors (Lipinski definition) is 1. The normalized spacial score (nSPS) is 16.1. The smallest absolute Gasteiger partial charge is 0.457 e. The maximum atomic E-state index is 14.1. The average Bonchev–Trinajstić information content (AvgIpc) is 3.30. The van der Waals surface area contributed by atoms with Gasteiger partial charge in [-0.15, -0.1) is 0 Å². The lowest BCUT2D eigenvalue weighted by Gasteiger charge is -2.32. The molecule has 6 rings (SSSR count). The van der Waals surface area contributed by atoms with Gasteiger partial charge >= 0.3 is 7.12 Å². The number of carbonyl (C=O) groups excluding carboxylic acids is 1. The first-order valence-corrected chi connectivity index (χ1v) is 17.3. The quantitative estimate of drug-likeness (QED) is 0.155. The molecule has 4 aromatic rings. The zero-order chi connectivity index (χ0) is 34.2. The van der Waals surface area contributed by atoms with Crippen molar-refractivity contribution in [3.8, 4) is 11.5 Å². The van der Waals surface area contributed by atoms with Crippen molar-refractivity contribution >= 4 is 35.6 Å². The van der Waals surface area contributed by atoms with Crippen LogP contribution in [-0.2, 0) is 9.31 Å². The van der Waals surface area contributed by atoms with Gasteiger partial charge in [-0.05, 0) is 96.7 Å². The number of hydrogen-bond acceptors (Lipinski definition) is 6. The van der Waals surface area contributed by atoms with E-state index in [0.717, 1.165) is 71.2 Å². The van der Waals surface area contributed by atoms with Gasteiger partial charge in [0.25, 0.3) is 5.91 Å². The second kappa shape index (κ2) is 13.3. The number of nitrogens with one attached hydrogen (secondary N) is 1. The van der Waals surface area contributed by atoms with Gasteiger partial charge < -0.3 is 29.2 Å². The molecule has 4 aromatic carbocycles. The molecule has 0 saturated carbocycles. The summed E-state index contributed by atoms with van der Waals surface area (Å²) in [6.07, 6.45) is 0. The molecule has 1 N–H and O–H groups in total. The minimum Gasteiger partial charge on any atom is -0.457 e. The van der Waals surface area contributed by atoms with E-state index >= 15 is 0 Å². The van der Waals surface area contributed by atoms with Crippen LogP contribution in [0.25, 0.3) is 0 Å². The summed E-state index contributed by atoms with van der Waals surface area (Å²) >= 11 is 0. The van der Waals surface area contributed by atoms with E-state index in [1.165, 1.54) is 0 Å². The lowest BCUT2D eigenvalue weighted by molar-refractivity contribution is 0.00578. The number of amides is 1. The highest BCUT2D eigenvalue weighted by molar-refractivity contribution is 6.62. The molecule has 2 heterocycles. The molecular weight excluding hydrogens is 597 g/mol. The van der Waals surface area contributed by atoms with Gasteiger partial charge in [-0.3, -0.25) is 4.79 Å². The number of benzene rings is 4. The van der Waals surface area contributed by atoms with Crippen LogP contribution in [0.3, 0.4) is 0 Å². The predicted octanol–water partition coefficient (Wildman–Crippen LogP) is 8.22. The van der Waals surface area contributed by atoms with Crippen molar-refractivity contribution in [3.05, 3.63) is 107 Å². The standard InChI is InChI=1S/C40H48BN3O4/c1-9-43(10-2)29-21-23-33-35(25-29)46-36-26-30(44(11-3)12-4)22-24-34(36)37(33)31-15-13-14-16-32(31)38(45)42-28-19-17-27(18-20-28)41-47-39(5,6)40(7,8)48-41/h13-26,37H,9-12H2,1-8H3,(H,42,45). The van der Waals surface area contributed by atoms with Gasteiger partial charge in [-0.25, -0.2) is 0 Å². The Kier molecular flexibility index (Phi) is 9.34. The van der Waals surface area contributed by atoms with Crippen LogP contribution in [0.2, 0.25) is 0 Å². The van der Waals surface area contributed by atoms with E-state index in [0.29, 0.717) is 11.3 Å². The number of nitrogens with zero attached hydrogens (tertiary/aromatic N) is 2. The molecule has 0 bridgehead atoms. The topological polar surface area (TPSA) is 63.3 Å². The van der Waals surface area contributed by atoms with Crippen LogP contribution < -0.4 is 25.3 Å². The highest BCUT2D eigenvalue weighted by Gasteiger charge is 2.51. The van der Waals surface area contributed by atoms with Crippen LogP contribution in [-0.4, -0.2) is 50.4 Å². The van der Waals surface area contributed by atoms with Gasteiger partial charge in [-0.2, -0.15) is 0 Å². The first kappa shape index (κ1) is 33.6. The van der Waals surface area contributed by atoms with E-state index in [-0.39, 0.29) is 11.8 Å². The molecule has 0 radical (unpaired) electrons. The van der Waals surface area contributed by atoms with E-state index in [1.807, 2.05) is 70.2 Å². The molecule has 2 aliphatic heterocycles. The molecule has 7 nitrogen and oxygen atoms in total. The summed E-state index contributed by atoms with van der Waals surface area (Å²) in [6.45, 7) is 20.5. The van der Waals surface area contributed by atoms with Crippen molar-refractivity contribution in [3.63, 3.8) is 0 Å². The minimum absolute atomic E-state index is 0.164. The van der Waals surface area contributed by atoms with Crippen molar-refractivity contribution < 1.29 is 18.8 Å². The fourth-order valence-corrected chi connectivity index (χ4v) is 6.75. The molecule has 1 saturated heterocycles. The molecule has 0 aromatic heterocycles. The van der Waals surface area contributed by atoms with Crippen LogP contribution in [0.4, 0.5) is 17.1 Å². The molecule has 1 amide bonds. The molecule has 2 aliphatic rings. The van der Waals surface area contributed by atoms with Gasteiger partial charge in [0.1, 0.15) is 11.5 Å². The monoisotopic (exact) mass is 645 g/mol. The predicted molar refractivity (Wildman–Crippen MR) is 198 cm³/mol. The summed E-state index contributed by atoms with van der Waals surface area (Å²) in [5.41, 5.74) is 6.66. The second-order valence-corrected chi connectivity index (χ2v) is 13.6. The van der Waals surface area contributed by atoms with E-state index in [2.05, 4.69) is 85.3 Å². The molecule has 0 atom stereocenters. The first-order valence-electron chi connectivity index (χ1n) is 17.3. The summed E-state index contributed by atoms with van der Waals surface area (Å²) in [6, 6.07) is 28.6. The molecular formula is C40H48BN3O4. The summed E-state index contributed by atoms with van der Waals surface area (Å²) in [5, 5.41) is 3.15. The van der Waals surface area contributed by atoms with Crippen LogP contribution in [0.1, 0.15) is 88.4 Å². The van der Waals surface area contributed by atoms with Crippen LogP contribution in [0.5, 0.6) is 11.5 Å². The molecule has 1 fully saturated rings. The second-order valence-electron chi connectivity index (χ2n) is 13.6. The molecule has 0 spiro atoms. The number of ether oxygens (including phenoxy) is 1. The minimum atomic E-state index is -0.460. The Bertz CT molecular complexity index is 1700. The van der Waals surface area contributed by atoms with Crippen molar-refractivity contribution in [1.29, 1.82) is 0 Å². The summed E-state index contributed by atoms with van der Waals surface area (Å²) in [5.74, 6) is 1.29. The van der Waals surface area contributed by atoms with Gasteiger partial charge in [0, 0.05) is 78.0 Å². The van der Waals surface area contributed by atoms with E-state index < -0.39 is 18.3 Å². The Morgan fingerprint density at radius 3 is 1.69 bits per heavy atom. The highest BCUT2D eigenvalue weighted by atomic mass is 16.7. The summed E-state index contributed by atoms with van der Waals surface area (Å²) in [7, 11) is -0.460. The van der Waals surface area contributed by atoms with Crippen molar-refractivity contribution in [2.24, 2.45) is 0 Å². The Balaban J connectivity index is 1.35. The molecule has 0 aliphatic carbocycles. The van der Waals surface area contributed by atoms with E-state index in [9.17, 15) is 4.79 Å². The third-order valence-corrected chi connectivity index (χ3v) is 10.3. The molecule has 250 valence electrons. The zero-order valence-electron chi connectivity index (χ0n) is 29.6. The molecule has 8 heteroatoms. The molecule has 0 unspecified atom stereocenters. The van der Waals surface area contributed by atoms with Gasteiger partial charge in [-0.1, -0.05) is 42.5 Å². The SMILES string of the molecule is CCN(CC)c1ccc2c(c1)Oc1cc(N(CC)CC)ccc1C2c1ccccc1C(=O)Nc1ccc(B2OC(C)(C)C(C)(C)O2)cc1. The van der Waals surface area contributed by atoms with Crippen molar-refractivity contribution in [2.45, 2.75) is 72.5 Å². The zero-order valence-corrected chi connectivity index (χ0v) is 29.6. The average molecular weight is 646 g/mol. The fraction of sp³-hybridized carbons (Fsp3) is 0.375. The lowest BCUT2D eigenvalue weighted by Crippen LogP contribution is -2.41. The summed E-state index contributed by atoms with van der Waals surface area (Å²) in [4.78, 5) is 18.7. The number of anilines is 3. The van der Waals surface area contributed by atoms with Crippen molar-refractivity contribution in [2.75, 3.05) is 41.3 Å². The maximum absolute atomic E-state index is 14.1. The number of carbonyl (C=O) groups is 1. The Hall–Kier alpha value is -4.27. The van der Waals surface area contributed by atoms with Crippen LogP contribution in [0, 0.1) is 0 Å². The third-order valence-electron chi connectivity index (χ3n) is 10.3. The van der Waals surface area contributed by atoms with Crippen LogP contribution in [0.15, 0.2) is 84.9 Å². The number of fused-ring (bicyclic) bond motifs is 2. The van der Waals surface area contributed by atoms with Crippen molar-refractivity contribution in [1.82, 2.24) is 0 Å². The lowest BCUT2D eigenvalue weighted by atomic mass is 9.79. The first-order chi connectivity index (χ1) is 23.0. The fourth-order valence-electron chi connectivity index (χ4n) is 6.75. The highest BCUT2D eigenvalue weighted by Crippen LogP contribution is 2.50. The maximum Gasteiger partial charge on any atom is 0.494 e. The van der Waals surface area contributed by atoms with Crippen LogP contribution >= 0.6 is 0 Å². The number of rotatable bonds is 10. The van der Waals surface area contributed by atoms with E-state index in [1.54, 1.807) is 0 Å². The third kappa shape index (κ3) is 6.19. The van der Waals surface area contributed by atoms with E-state index in [4.69, 9.17) is 14.0 Å². The van der Waals surface area contributed by atoms with Gasteiger partial charge in [0.15, 0.2) is 0 Å². The molecule has 48 heavy (non-hydrogen) atoms. The summed E-state index contributed by atoms with van der Waals surface area (Å²) < 4.78 is 19.1.